The number of nitrogens with two attached hydrogens (primary N) is 5. The second-order valence-corrected chi connectivity index (χ2v) is 9.44. The van der Waals surface area contributed by atoms with E-state index in [9.17, 15) is 29.4 Å². The number of aliphatic carboxylic acids is 1. The van der Waals surface area contributed by atoms with Crippen molar-refractivity contribution in [2.24, 2.45) is 38.7 Å². The van der Waals surface area contributed by atoms with E-state index in [1.807, 2.05) is 0 Å². The number of hydrogen-bond acceptors (Lipinski definition) is 9. The van der Waals surface area contributed by atoms with Gasteiger partial charge < -0.3 is 54.8 Å². The van der Waals surface area contributed by atoms with Gasteiger partial charge >= 0.3 is 5.97 Å². The molecule has 4 unspecified atom stereocenters. The Bertz CT molecular complexity index is 1080. The molecule has 4 atom stereocenters. The van der Waals surface area contributed by atoms with Crippen LogP contribution in [0.3, 0.4) is 0 Å². The maximum atomic E-state index is 13.3. The highest BCUT2D eigenvalue weighted by molar-refractivity contribution is 7.80. The zero-order valence-electron chi connectivity index (χ0n) is 22.5. The molecule has 228 valence electrons. The third kappa shape index (κ3) is 14.1. The Balaban J connectivity index is 3.15. The SMILES string of the molecule is NC(N)=NCCCC(NC(=O)C(Cc1ccc(O)cc1)NC(=O)C(CCCN=C(N)N)NC(=O)C(N)CS)C(=O)O. The van der Waals surface area contributed by atoms with Crippen LogP contribution in [0.1, 0.15) is 31.2 Å². The molecule has 15 N–H and O–H groups in total. The Hall–Kier alpha value is -4.25. The fourth-order valence-corrected chi connectivity index (χ4v) is 3.68. The molecule has 0 saturated heterocycles. The first-order valence-corrected chi connectivity index (χ1v) is 13.4. The van der Waals surface area contributed by atoms with Gasteiger partial charge in [0.15, 0.2) is 11.9 Å². The molecule has 1 aromatic rings. The largest absolute Gasteiger partial charge is 0.508 e. The molecule has 0 aromatic heterocycles. The van der Waals surface area contributed by atoms with Crippen LogP contribution in [-0.2, 0) is 25.6 Å². The number of carboxylic acids is 1. The predicted molar refractivity (Wildman–Crippen MR) is 157 cm³/mol. The molecular weight excluding hydrogens is 556 g/mol. The lowest BCUT2D eigenvalue weighted by molar-refractivity contribution is -0.142. The Kier molecular flexibility index (Phi) is 15.4. The minimum Gasteiger partial charge on any atom is -0.508 e. The van der Waals surface area contributed by atoms with Crippen molar-refractivity contribution < 1.29 is 29.4 Å². The van der Waals surface area contributed by atoms with Crippen LogP contribution in [0.15, 0.2) is 34.3 Å². The molecule has 0 radical (unpaired) electrons. The summed E-state index contributed by atoms with van der Waals surface area (Å²) in [5, 5.41) is 26.8. The van der Waals surface area contributed by atoms with E-state index in [-0.39, 0.29) is 62.2 Å². The number of thiol groups is 1. The molecule has 0 heterocycles. The fraction of sp³-hybridized carbons (Fsp3) is 0.500. The molecule has 41 heavy (non-hydrogen) atoms. The number of aromatic hydroxyl groups is 1. The quantitative estimate of drug-likeness (QED) is 0.0348. The van der Waals surface area contributed by atoms with Crippen molar-refractivity contribution in [3.8, 4) is 5.75 Å². The number of guanidine groups is 2. The maximum absolute atomic E-state index is 13.3. The molecule has 3 amide bonds. The van der Waals surface area contributed by atoms with Crippen molar-refractivity contribution in [3.63, 3.8) is 0 Å². The van der Waals surface area contributed by atoms with Crippen LogP contribution in [-0.4, -0.2) is 88.8 Å². The number of aliphatic imine (C=N–C) groups is 2. The number of hydrogen-bond donors (Lipinski definition) is 11. The topological polar surface area (TPSA) is 300 Å². The van der Waals surface area contributed by atoms with Crippen molar-refractivity contribution in [1.82, 2.24) is 16.0 Å². The highest BCUT2D eigenvalue weighted by Crippen LogP contribution is 2.12. The number of nitrogens with zero attached hydrogens (tertiary/aromatic N) is 2. The van der Waals surface area contributed by atoms with Crippen LogP contribution in [0.2, 0.25) is 0 Å². The minimum atomic E-state index is -1.29. The summed E-state index contributed by atoms with van der Waals surface area (Å²) in [6.45, 7) is 0.337. The Morgan fingerprint density at radius 1 is 0.780 bits per heavy atom. The second-order valence-electron chi connectivity index (χ2n) is 9.08. The molecule has 1 rings (SSSR count). The molecule has 0 aliphatic carbocycles. The van der Waals surface area contributed by atoms with Gasteiger partial charge in [0.1, 0.15) is 23.9 Å². The van der Waals surface area contributed by atoms with E-state index in [1.165, 1.54) is 12.1 Å². The molecule has 0 aliphatic heterocycles. The van der Waals surface area contributed by atoms with Crippen LogP contribution in [0, 0.1) is 0 Å². The Labute approximate surface area is 243 Å². The first-order chi connectivity index (χ1) is 19.3. The zero-order chi connectivity index (χ0) is 30.9. The van der Waals surface area contributed by atoms with Crippen LogP contribution in [0.5, 0.6) is 5.75 Å². The second kappa shape index (κ2) is 18.2. The molecule has 0 spiro atoms. The normalized spacial score (nSPS) is 13.5. The van der Waals surface area contributed by atoms with Gasteiger partial charge in [0.05, 0.1) is 6.04 Å². The number of phenolic OH excluding ortho intramolecular Hbond substituents is 1. The number of rotatable bonds is 18. The van der Waals surface area contributed by atoms with Gasteiger partial charge in [0.2, 0.25) is 17.7 Å². The van der Waals surface area contributed by atoms with Gasteiger partial charge in [-0.05, 0) is 43.4 Å². The van der Waals surface area contributed by atoms with Crippen LogP contribution >= 0.6 is 12.6 Å². The van der Waals surface area contributed by atoms with E-state index in [2.05, 4.69) is 38.6 Å². The molecule has 0 saturated carbocycles. The van der Waals surface area contributed by atoms with Crippen molar-refractivity contribution in [2.45, 2.75) is 56.3 Å². The molecule has 0 fully saturated rings. The monoisotopic (exact) mass is 596 g/mol. The average Bonchev–Trinajstić information content (AvgIpc) is 2.91. The van der Waals surface area contributed by atoms with Gasteiger partial charge in [0, 0.05) is 25.3 Å². The number of carboxylic acid groups (broad SMARTS) is 1. The summed E-state index contributed by atoms with van der Waals surface area (Å²) in [6.07, 6.45) is 0.632. The summed E-state index contributed by atoms with van der Waals surface area (Å²) >= 11 is 4.00. The van der Waals surface area contributed by atoms with Crippen LogP contribution < -0.4 is 44.6 Å². The average molecular weight is 597 g/mol. The van der Waals surface area contributed by atoms with E-state index in [4.69, 9.17) is 28.7 Å². The third-order valence-electron chi connectivity index (χ3n) is 5.68. The number of phenols is 1. The van der Waals surface area contributed by atoms with Gasteiger partial charge in [-0.25, -0.2) is 4.79 Å². The number of carbonyl (C=O) groups is 4. The fourth-order valence-electron chi connectivity index (χ4n) is 3.52. The summed E-state index contributed by atoms with van der Waals surface area (Å²) in [6, 6.07) is 1.26. The minimum absolute atomic E-state index is 0.00502. The van der Waals surface area contributed by atoms with Crippen LogP contribution in [0.25, 0.3) is 0 Å². The van der Waals surface area contributed by atoms with E-state index in [0.29, 0.717) is 12.0 Å². The Morgan fingerprint density at radius 3 is 1.73 bits per heavy atom. The summed E-state index contributed by atoms with van der Waals surface area (Å²) in [4.78, 5) is 58.5. The van der Waals surface area contributed by atoms with Crippen molar-refractivity contribution in [3.05, 3.63) is 29.8 Å². The summed E-state index contributed by atoms with van der Waals surface area (Å²) < 4.78 is 0. The summed E-state index contributed by atoms with van der Waals surface area (Å²) in [5.41, 5.74) is 27.5. The highest BCUT2D eigenvalue weighted by atomic mass is 32.1. The van der Waals surface area contributed by atoms with Gasteiger partial charge in [-0.3, -0.25) is 24.4 Å². The van der Waals surface area contributed by atoms with Gasteiger partial charge in [-0.15, -0.1) is 0 Å². The third-order valence-corrected chi connectivity index (χ3v) is 6.07. The Morgan fingerprint density at radius 2 is 1.24 bits per heavy atom. The van der Waals surface area contributed by atoms with E-state index in [1.54, 1.807) is 12.1 Å². The first-order valence-electron chi connectivity index (χ1n) is 12.7. The predicted octanol–water partition coefficient (Wildman–Crippen LogP) is -3.16. The smallest absolute Gasteiger partial charge is 0.326 e. The van der Waals surface area contributed by atoms with Crippen LogP contribution in [0.4, 0.5) is 0 Å². The van der Waals surface area contributed by atoms with Crippen molar-refractivity contribution in [2.75, 3.05) is 18.8 Å². The summed E-state index contributed by atoms with van der Waals surface area (Å²) in [5.74, 6) is -3.67. The molecule has 0 bridgehead atoms. The maximum Gasteiger partial charge on any atom is 0.326 e. The van der Waals surface area contributed by atoms with Gasteiger partial charge in [-0.2, -0.15) is 12.6 Å². The number of amides is 3. The lowest BCUT2D eigenvalue weighted by atomic mass is 10.0. The van der Waals surface area contributed by atoms with E-state index in [0.717, 1.165) is 0 Å². The lowest BCUT2D eigenvalue weighted by Crippen LogP contribution is -2.57. The highest BCUT2D eigenvalue weighted by Gasteiger charge is 2.30. The molecule has 16 nitrogen and oxygen atoms in total. The van der Waals surface area contributed by atoms with E-state index < -0.39 is 47.9 Å². The summed E-state index contributed by atoms with van der Waals surface area (Å²) in [7, 11) is 0. The van der Waals surface area contributed by atoms with Crippen molar-refractivity contribution in [1.29, 1.82) is 0 Å². The lowest BCUT2D eigenvalue weighted by Gasteiger charge is -2.25. The zero-order valence-corrected chi connectivity index (χ0v) is 23.4. The van der Waals surface area contributed by atoms with Gasteiger partial charge in [0.25, 0.3) is 0 Å². The number of benzene rings is 1. The number of nitrogens with one attached hydrogen (secondary N) is 3. The molecule has 1 aromatic carbocycles. The standard InChI is InChI=1S/C24H40N10O6S/c25-15(12-41)19(36)32-16(3-1-9-30-23(26)27)20(37)34-18(11-13-5-7-14(35)8-6-13)21(38)33-17(22(39)40)4-2-10-31-24(28)29/h5-8,15-18,35,41H,1-4,9-12,25H2,(H,32,36)(H,33,38)(H,34,37)(H,39,40)(H4,26,27,30)(H4,28,29,31). The van der Waals surface area contributed by atoms with Crippen molar-refractivity contribution >= 4 is 48.2 Å². The molecule has 17 heteroatoms. The van der Waals surface area contributed by atoms with Gasteiger partial charge in [-0.1, -0.05) is 12.1 Å². The first kappa shape index (κ1) is 34.8. The molecular formula is C24H40N10O6S. The number of carbonyl (C=O) groups excluding carboxylic acids is 3. The van der Waals surface area contributed by atoms with E-state index >= 15 is 0 Å². The molecule has 0 aliphatic rings.